The van der Waals surface area contributed by atoms with Crippen molar-refractivity contribution in [3.63, 3.8) is 0 Å². The molecule has 4 heteroatoms. The molecule has 0 fully saturated rings. The zero-order valence-corrected chi connectivity index (χ0v) is 11.2. The van der Waals surface area contributed by atoms with Gasteiger partial charge in [-0.15, -0.1) is 0 Å². The summed E-state index contributed by atoms with van der Waals surface area (Å²) < 4.78 is 6.46. The van der Waals surface area contributed by atoms with Gasteiger partial charge in [-0.25, -0.2) is 0 Å². The number of hydrogen-bond donors (Lipinski definition) is 1. The highest BCUT2D eigenvalue weighted by atomic mass is 79.9. The summed E-state index contributed by atoms with van der Waals surface area (Å²) >= 11 is 3.33. The number of hydrogen-bond acceptors (Lipinski definition) is 3. The fourth-order valence-corrected chi connectivity index (χ4v) is 1.93. The van der Waals surface area contributed by atoms with E-state index < -0.39 is 0 Å². The Morgan fingerprint density at radius 3 is 2.67 bits per heavy atom. The lowest BCUT2D eigenvalue weighted by molar-refractivity contribution is 0.453. The lowest BCUT2D eigenvalue weighted by Gasteiger charge is -2.09. The summed E-state index contributed by atoms with van der Waals surface area (Å²) in [6.07, 6.45) is 0. The van der Waals surface area contributed by atoms with Crippen molar-refractivity contribution in [1.82, 2.24) is 0 Å². The van der Waals surface area contributed by atoms with E-state index in [1.807, 2.05) is 6.92 Å². The molecule has 2 aromatic carbocycles. The molecule has 0 unspecified atom stereocenters. The van der Waals surface area contributed by atoms with Crippen LogP contribution in [-0.2, 0) is 0 Å². The molecule has 90 valence electrons. The minimum absolute atomic E-state index is 0.138. The third-order valence-corrected chi connectivity index (χ3v) is 2.82. The Bertz CT molecular complexity index is 612. The van der Waals surface area contributed by atoms with E-state index in [0.29, 0.717) is 17.1 Å². The second-order valence-electron chi connectivity index (χ2n) is 3.86. The van der Waals surface area contributed by atoms with Gasteiger partial charge < -0.3 is 9.84 Å². The maximum atomic E-state index is 9.50. The van der Waals surface area contributed by atoms with Gasteiger partial charge in [0, 0.05) is 10.5 Å². The molecule has 3 nitrogen and oxygen atoms in total. The fourth-order valence-electron chi connectivity index (χ4n) is 1.59. The Kier molecular flexibility index (Phi) is 3.54. The number of benzene rings is 2. The standard InChI is InChI=1S/C14H10BrNO2/c1-9-4-12(17)7-13(5-9)18-14-6-11(15)3-2-10(14)8-16/h2-7,17H,1H3. The second kappa shape index (κ2) is 5.11. The first-order valence-corrected chi connectivity index (χ1v) is 6.06. The Balaban J connectivity index is 2.39. The van der Waals surface area contributed by atoms with Gasteiger partial charge in [0.2, 0.25) is 0 Å². The number of phenolic OH excluding ortho intramolecular Hbond substituents is 1. The summed E-state index contributed by atoms with van der Waals surface area (Å²) in [6, 6.07) is 12.2. The van der Waals surface area contributed by atoms with Crippen molar-refractivity contribution in [3.05, 3.63) is 52.0 Å². The fraction of sp³-hybridized carbons (Fsp3) is 0.0714. The Hall–Kier alpha value is -1.99. The van der Waals surface area contributed by atoms with Gasteiger partial charge in [-0.05, 0) is 42.8 Å². The minimum Gasteiger partial charge on any atom is -0.508 e. The molecule has 2 rings (SSSR count). The van der Waals surface area contributed by atoms with Crippen LogP contribution < -0.4 is 4.74 Å². The van der Waals surface area contributed by atoms with Crippen molar-refractivity contribution in [2.45, 2.75) is 6.92 Å². The van der Waals surface area contributed by atoms with E-state index in [4.69, 9.17) is 10.00 Å². The van der Waals surface area contributed by atoms with E-state index >= 15 is 0 Å². The average molecular weight is 304 g/mol. The van der Waals surface area contributed by atoms with Gasteiger partial charge in [-0.1, -0.05) is 15.9 Å². The van der Waals surface area contributed by atoms with Crippen molar-refractivity contribution in [2.24, 2.45) is 0 Å². The molecular weight excluding hydrogens is 294 g/mol. The maximum Gasteiger partial charge on any atom is 0.146 e. The predicted molar refractivity (Wildman–Crippen MR) is 71.8 cm³/mol. The molecule has 0 radical (unpaired) electrons. The number of aromatic hydroxyl groups is 1. The van der Waals surface area contributed by atoms with Crippen LogP contribution in [0.5, 0.6) is 17.2 Å². The van der Waals surface area contributed by atoms with Gasteiger partial charge in [0.1, 0.15) is 23.3 Å². The number of phenols is 1. The van der Waals surface area contributed by atoms with Crippen LogP contribution >= 0.6 is 15.9 Å². The summed E-state index contributed by atoms with van der Waals surface area (Å²) in [7, 11) is 0. The van der Waals surface area contributed by atoms with Gasteiger partial charge >= 0.3 is 0 Å². The van der Waals surface area contributed by atoms with Gasteiger partial charge in [0.15, 0.2) is 0 Å². The molecule has 0 atom stereocenters. The predicted octanol–water partition coefficient (Wildman–Crippen LogP) is 4.13. The first-order chi connectivity index (χ1) is 8.58. The highest BCUT2D eigenvalue weighted by molar-refractivity contribution is 9.10. The molecule has 0 amide bonds. The number of ether oxygens (including phenoxy) is 1. The molecule has 18 heavy (non-hydrogen) atoms. The summed E-state index contributed by atoms with van der Waals surface area (Å²) in [4.78, 5) is 0. The van der Waals surface area contributed by atoms with Crippen LogP contribution in [0.3, 0.4) is 0 Å². The van der Waals surface area contributed by atoms with Gasteiger partial charge in [-0.2, -0.15) is 5.26 Å². The van der Waals surface area contributed by atoms with E-state index in [1.165, 1.54) is 6.07 Å². The maximum absolute atomic E-state index is 9.50. The van der Waals surface area contributed by atoms with E-state index in [0.717, 1.165) is 10.0 Å². The van der Waals surface area contributed by atoms with Gasteiger partial charge in [0.05, 0.1) is 5.56 Å². The Morgan fingerprint density at radius 2 is 2.00 bits per heavy atom. The molecule has 0 aromatic heterocycles. The Labute approximate surface area is 113 Å². The van der Waals surface area contributed by atoms with Crippen LogP contribution in [0.4, 0.5) is 0 Å². The molecule has 0 aliphatic heterocycles. The summed E-state index contributed by atoms with van der Waals surface area (Å²) in [6.45, 7) is 1.86. The highest BCUT2D eigenvalue weighted by Crippen LogP contribution is 2.30. The lowest BCUT2D eigenvalue weighted by Crippen LogP contribution is -1.89. The smallest absolute Gasteiger partial charge is 0.146 e. The van der Waals surface area contributed by atoms with E-state index in [2.05, 4.69) is 22.0 Å². The molecule has 2 aromatic rings. The highest BCUT2D eigenvalue weighted by Gasteiger charge is 2.06. The third kappa shape index (κ3) is 2.82. The van der Waals surface area contributed by atoms with Crippen LogP contribution in [0.1, 0.15) is 11.1 Å². The topological polar surface area (TPSA) is 53.2 Å². The number of aryl methyl sites for hydroxylation is 1. The molecule has 0 saturated heterocycles. The van der Waals surface area contributed by atoms with E-state index in [-0.39, 0.29) is 5.75 Å². The zero-order valence-electron chi connectivity index (χ0n) is 9.64. The first kappa shape index (κ1) is 12.5. The minimum atomic E-state index is 0.138. The molecule has 0 aliphatic rings. The van der Waals surface area contributed by atoms with Crippen LogP contribution in [0, 0.1) is 18.3 Å². The molecule has 0 spiro atoms. The number of nitriles is 1. The van der Waals surface area contributed by atoms with Crippen molar-refractivity contribution in [3.8, 4) is 23.3 Å². The summed E-state index contributed by atoms with van der Waals surface area (Å²) in [5.74, 6) is 1.09. The molecule has 0 aliphatic carbocycles. The second-order valence-corrected chi connectivity index (χ2v) is 4.77. The van der Waals surface area contributed by atoms with E-state index in [1.54, 1.807) is 30.3 Å². The van der Waals surface area contributed by atoms with Crippen molar-refractivity contribution >= 4 is 15.9 Å². The monoisotopic (exact) mass is 303 g/mol. The number of nitrogens with zero attached hydrogens (tertiary/aromatic N) is 1. The zero-order chi connectivity index (χ0) is 13.1. The normalized spacial score (nSPS) is 9.83. The summed E-state index contributed by atoms with van der Waals surface area (Å²) in [5, 5.41) is 18.5. The summed E-state index contributed by atoms with van der Waals surface area (Å²) in [5.41, 5.74) is 1.33. The first-order valence-electron chi connectivity index (χ1n) is 5.26. The lowest BCUT2D eigenvalue weighted by atomic mass is 10.2. The van der Waals surface area contributed by atoms with Crippen molar-refractivity contribution < 1.29 is 9.84 Å². The average Bonchev–Trinajstić information content (AvgIpc) is 2.27. The van der Waals surface area contributed by atoms with Crippen molar-refractivity contribution in [2.75, 3.05) is 0 Å². The SMILES string of the molecule is Cc1cc(O)cc(Oc2cc(Br)ccc2C#N)c1. The molecule has 0 bridgehead atoms. The van der Waals surface area contributed by atoms with Gasteiger partial charge in [-0.3, -0.25) is 0 Å². The quantitative estimate of drug-likeness (QED) is 0.907. The number of rotatable bonds is 2. The van der Waals surface area contributed by atoms with Crippen LogP contribution in [0.2, 0.25) is 0 Å². The molecule has 1 N–H and O–H groups in total. The molecule has 0 heterocycles. The van der Waals surface area contributed by atoms with Crippen LogP contribution in [0.25, 0.3) is 0 Å². The molecule has 0 saturated carbocycles. The largest absolute Gasteiger partial charge is 0.508 e. The van der Waals surface area contributed by atoms with Crippen LogP contribution in [-0.4, -0.2) is 5.11 Å². The van der Waals surface area contributed by atoms with Gasteiger partial charge in [0.25, 0.3) is 0 Å². The van der Waals surface area contributed by atoms with Crippen molar-refractivity contribution in [1.29, 1.82) is 5.26 Å². The van der Waals surface area contributed by atoms with E-state index in [9.17, 15) is 5.11 Å². The van der Waals surface area contributed by atoms with Crippen LogP contribution in [0.15, 0.2) is 40.9 Å². The number of halogens is 1. The molecular formula is C14H10BrNO2. The Morgan fingerprint density at radius 1 is 1.22 bits per heavy atom. The third-order valence-electron chi connectivity index (χ3n) is 2.33.